The van der Waals surface area contributed by atoms with Crippen LogP contribution < -0.4 is 16.0 Å². The van der Waals surface area contributed by atoms with Gasteiger partial charge in [0.05, 0.1) is 24.7 Å². The number of carbonyl (C=O) groups is 4. The van der Waals surface area contributed by atoms with E-state index in [2.05, 4.69) is 43.6 Å². The van der Waals surface area contributed by atoms with Crippen LogP contribution in [0.15, 0.2) is 0 Å². The number of ether oxygens (including phenoxy) is 1. The Balaban J connectivity index is 3.15. The monoisotopic (exact) mass is 728 g/mol. The summed E-state index contributed by atoms with van der Waals surface area (Å²) in [5.74, 6) is -4.66. The second-order valence-corrected chi connectivity index (χ2v) is 21.2. The van der Waals surface area contributed by atoms with Crippen LogP contribution in [0.2, 0.25) is 18.1 Å². The zero-order valence-electron chi connectivity index (χ0n) is 33.2. The number of nitrogens with one attached hydrogen (secondary N) is 3. The predicted octanol–water partition coefficient (Wildman–Crippen LogP) is 5.76. The van der Waals surface area contributed by atoms with Crippen LogP contribution in [0, 0.1) is 17.8 Å². The molecule has 11 nitrogen and oxygen atoms in total. The number of carbonyl (C=O) groups excluding carboxylic acids is 4. The van der Waals surface area contributed by atoms with Crippen molar-refractivity contribution in [1.29, 1.82) is 0 Å². The van der Waals surface area contributed by atoms with Crippen molar-refractivity contribution < 1.29 is 38.6 Å². The first-order valence-corrected chi connectivity index (χ1v) is 22.3. The fourth-order valence-electron chi connectivity index (χ4n) is 6.14. The zero-order valence-corrected chi connectivity index (χ0v) is 34.2. The van der Waals surface area contributed by atoms with E-state index in [-0.39, 0.29) is 11.0 Å². The number of hydrogen-bond acceptors (Lipinski definition) is 8. The van der Waals surface area contributed by atoms with Gasteiger partial charge in [0, 0.05) is 5.92 Å². The van der Waals surface area contributed by atoms with Gasteiger partial charge in [-0.2, -0.15) is 0 Å². The van der Waals surface area contributed by atoms with Crippen molar-refractivity contribution in [3.63, 3.8) is 0 Å². The van der Waals surface area contributed by atoms with E-state index in [0.717, 1.165) is 25.7 Å². The SMILES string of the molecule is CCCCCCCCCCCCC[C@@H](O)[C@H](C)[C@H]1OC(=O)[C@H](CO)NC(=O)[C@H]([C@@H](C)O[Si](C)(C)C(C)(C)C)NC(=O)[C@H](C(C)C)NC(=O)[C@@H]1C. The van der Waals surface area contributed by atoms with Gasteiger partial charge >= 0.3 is 5.97 Å². The van der Waals surface area contributed by atoms with Crippen molar-refractivity contribution >= 4 is 32.0 Å². The number of cyclic esters (lactones) is 1. The number of amides is 3. The Kier molecular flexibility index (Phi) is 20.4. The van der Waals surface area contributed by atoms with Crippen LogP contribution >= 0.6 is 0 Å². The average molecular weight is 728 g/mol. The van der Waals surface area contributed by atoms with E-state index < -0.39 is 86.9 Å². The van der Waals surface area contributed by atoms with Crippen LogP contribution in [0.1, 0.15) is 139 Å². The first kappa shape index (κ1) is 46.0. The minimum Gasteiger partial charge on any atom is -0.460 e. The Morgan fingerprint density at radius 1 is 0.780 bits per heavy atom. The molecule has 3 amide bonds. The Bertz CT molecular complexity index is 1050. The Hall–Kier alpha value is -2.02. The third-order valence-corrected chi connectivity index (χ3v) is 15.3. The Labute approximate surface area is 304 Å². The quantitative estimate of drug-likeness (QED) is 0.0638. The number of rotatable bonds is 19. The van der Waals surface area contributed by atoms with Crippen molar-refractivity contribution in [2.75, 3.05) is 6.61 Å². The summed E-state index contributed by atoms with van der Waals surface area (Å²) in [5.41, 5.74) is 0. The molecule has 0 aromatic carbocycles. The molecule has 0 aromatic heterocycles. The Morgan fingerprint density at radius 2 is 1.26 bits per heavy atom. The maximum atomic E-state index is 13.7. The summed E-state index contributed by atoms with van der Waals surface area (Å²) in [7, 11) is -2.40. The summed E-state index contributed by atoms with van der Waals surface area (Å²) in [6.07, 6.45) is 10.7. The standard InChI is InChI=1S/C38H73N3O8Si/c1-12-13-14-15-16-17-18-19-20-21-22-23-30(43)26(4)33-27(5)34(44)40-31(25(2)3)35(45)41-32(28(6)49-50(10,11)38(7,8)9)36(46)39-29(24-42)37(47)48-33/h25-33,42-43H,12-24H2,1-11H3,(H,39,46)(H,40,44)(H,41,45)/t26-,27+,28+,29-,30+,31-,32-,33+/m0/s1. The average Bonchev–Trinajstić information content (AvgIpc) is 3.03. The van der Waals surface area contributed by atoms with E-state index in [1.165, 1.54) is 44.9 Å². The molecule has 0 aromatic rings. The van der Waals surface area contributed by atoms with Crippen molar-refractivity contribution in [3.8, 4) is 0 Å². The summed E-state index contributed by atoms with van der Waals surface area (Å²) < 4.78 is 12.3. The lowest BCUT2D eigenvalue weighted by atomic mass is 9.86. The second kappa shape index (κ2) is 22.1. The van der Waals surface area contributed by atoms with E-state index in [1.54, 1.807) is 34.6 Å². The number of esters is 1. The third kappa shape index (κ3) is 14.9. The van der Waals surface area contributed by atoms with E-state index >= 15 is 0 Å². The molecule has 1 heterocycles. The van der Waals surface area contributed by atoms with Gasteiger partial charge in [-0.25, -0.2) is 4.79 Å². The summed E-state index contributed by atoms with van der Waals surface area (Å²) >= 11 is 0. The summed E-state index contributed by atoms with van der Waals surface area (Å²) in [6.45, 7) is 20.3. The summed E-state index contributed by atoms with van der Waals surface area (Å²) in [5, 5.41) is 29.4. The minimum absolute atomic E-state index is 0.184. The molecular formula is C38H73N3O8Si. The first-order chi connectivity index (χ1) is 23.3. The number of hydrogen-bond donors (Lipinski definition) is 5. The van der Waals surface area contributed by atoms with Crippen LogP contribution in [0.4, 0.5) is 0 Å². The third-order valence-electron chi connectivity index (χ3n) is 10.8. The number of unbranched alkanes of at least 4 members (excludes halogenated alkanes) is 10. The normalized spacial score (nSPS) is 25.0. The highest BCUT2D eigenvalue weighted by Crippen LogP contribution is 2.37. The largest absolute Gasteiger partial charge is 0.460 e. The van der Waals surface area contributed by atoms with Crippen LogP contribution in [0.25, 0.3) is 0 Å². The van der Waals surface area contributed by atoms with Gasteiger partial charge in [-0.3, -0.25) is 14.4 Å². The minimum atomic E-state index is -2.40. The second-order valence-electron chi connectivity index (χ2n) is 16.5. The molecule has 0 aliphatic carbocycles. The van der Waals surface area contributed by atoms with Crippen LogP contribution in [0.3, 0.4) is 0 Å². The summed E-state index contributed by atoms with van der Waals surface area (Å²) in [6, 6.07) is -3.68. The molecule has 0 bridgehead atoms. The fraction of sp³-hybridized carbons (Fsp3) is 0.895. The lowest BCUT2D eigenvalue weighted by Crippen LogP contribution is -2.62. The van der Waals surface area contributed by atoms with Crippen molar-refractivity contribution in [2.45, 2.75) is 194 Å². The van der Waals surface area contributed by atoms with Gasteiger partial charge in [0.2, 0.25) is 17.7 Å². The van der Waals surface area contributed by atoms with Gasteiger partial charge < -0.3 is 35.3 Å². The van der Waals surface area contributed by atoms with E-state index in [0.29, 0.717) is 6.42 Å². The molecule has 292 valence electrons. The van der Waals surface area contributed by atoms with Gasteiger partial charge in [0.1, 0.15) is 18.2 Å². The topological polar surface area (TPSA) is 163 Å². The lowest BCUT2D eigenvalue weighted by Gasteiger charge is -2.40. The van der Waals surface area contributed by atoms with Crippen LogP contribution in [-0.2, 0) is 28.3 Å². The highest BCUT2D eigenvalue weighted by molar-refractivity contribution is 6.74. The van der Waals surface area contributed by atoms with E-state index in [9.17, 15) is 29.4 Å². The van der Waals surface area contributed by atoms with Gasteiger partial charge in [-0.15, -0.1) is 0 Å². The molecule has 1 aliphatic rings. The van der Waals surface area contributed by atoms with Crippen molar-refractivity contribution in [1.82, 2.24) is 16.0 Å². The van der Waals surface area contributed by atoms with Crippen molar-refractivity contribution in [2.24, 2.45) is 17.8 Å². The molecule has 1 rings (SSSR count). The Morgan fingerprint density at radius 3 is 1.74 bits per heavy atom. The molecule has 1 saturated heterocycles. The van der Waals surface area contributed by atoms with Gasteiger partial charge in [-0.05, 0) is 37.4 Å². The summed E-state index contributed by atoms with van der Waals surface area (Å²) in [4.78, 5) is 54.6. The molecule has 8 atom stereocenters. The molecule has 1 aliphatic heterocycles. The molecule has 0 radical (unpaired) electrons. The van der Waals surface area contributed by atoms with Gasteiger partial charge in [0.25, 0.3) is 0 Å². The fourth-order valence-corrected chi connectivity index (χ4v) is 7.56. The lowest BCUT2D eigenvalue weighted by molar-refractivity contribution is -0.164. The molecule has 0 saturated carbocycles. The predicted molar refractivity (Wildman–Crippen MR) is 201 cm³/mol. The maximum Gasteiger partial charge on any atom is 0.331 e. The molecule has 0 unspecified atom stereocenters. The molecule has 12 heteroatoms. The van der Waals surface area contributed by atoms with Crippen LogP contribution in [-0.4, -0.2) is 85.3 Å². The molecule has 5 N–H and O–H groups in total. The maximum absolute atomic E-state index is 13.7. The number of aliphatic hydroxyl groups excluding tert-OH is 2. The van der Waals surface area contributed by atoms with Gasteiger partial charge in [0.15, 0.2) is 14.4 Å². The van der Waals surface area contributed by atoms with Crippen LogP contribution in [0.5, 0.6) is 0 Å². The molecule has 0 spiro atoms. The molecule has 1 fully saturated rings. The molecular weight excluding hydrogens is 655 g/mol. The zero-order chi connectivity index (χ0) is 38.2. The highest BCUT2D eigenvalue weighted by atomic mass is 28.4. The first-order valence-electron chi connectivity index (χ1n) is 19.4. The van der Waals surface area contributed by atoms with E-state index in [4.69, 9.17) is 9.16 Å². The van der Waals surface area contributed by atoms with Gasteiger partial charge in [-0.1, -0.05) is 126 Å². The van der Waals surface area contributed by atoms with E-state index in [1.807, 2.05) is 13.1 Å². The molecule has 50 heavy (non-hydrogen) atoms. The highest BCUT2D eigenvalue weighted by Gasteiger charge is 2.44. The number of aliphatic hydroxyl groups is 2. The van der Waals surface area contributed by atoms with Crippen molar-refractivity contribution in [3.05, 3.63) is 0 Å². The smallest absolute Gasteiger partial charge is 0.331 e.